The van der Waals surface area contributed by atoms with E-state index >= 15 is 0 Å². The number of methoxy groups -OCH3 is 1. The van der Waals surface area contributed by atoms with E-state index in [1.165, 1.54) is 7.11 Å². The number of rotatable bonds is 9. The molecule has 0 aliphatic carbocycles. The van der Waals surface area contributed by atoms with Crippen LogP contribution in [0.2, 0.25) is 0 Å². The van der Waals surface area contributed by atoms with Crippen LogP contribution in [0, 0.1) is 0 Å². The molecule has 2 heterocycles. The molecule has 0 bridgehead atoms. The minimum atomic E-state index is -5.37. The van der Waals surface area contributed by atoms with Gasteiger partial charge in [-0.05, 0) is 0 Å². The van der Waals surface area contributed by atoms with Gasteiger partial charge in [0.25, 0.3) is 5.56 Å². The summed E-state index contributed by atoms with van der Waals surface area (Å²) >= 11 is 0. The lowest BCUT2D eigenvalue weighted by atomic mass is 10.1. The summed E-state index contributed by atoms with van der Waals surface area (Å²) < 4.78 is 42.7. The van der Waals surface area contributed by atoms with E-state index in [0.29, 0.717) is 5.56 Å². The molecule has 1 aromatic carbocycles. The molecular formula is C17H22N2O13P2. The Hall–Kier alpha value is -2.00. The molecule has 0 radical (unpaired) electrons. The van der Waals surface area contributed by atoms with Crippen LogP contribution in [0.3, 0.4) is 0 Å². The first-order chi connectivity index (χ1) is 15.8. The monoisotopic (exact) mass is 524 g/mol. The summed E-state index contributed by atoms with van der Waals surface area (Å²) in [6, 6.07) is 9.34. The van der Waals surface area contributed by atoms with Gasteiger partial charge in [-0.1, -0.05) is 30.3 Å². The first kappa shape index (κ1) is 26.6. The number of aromatic nitrogens is 2. The van der Waals surface area contributed by atoms with Crippen molar-refractivity contribution in [2.45, 2.75) is 30.8 Å². The molecule has 1 aromatic heterocycles. The van der Waals surface area contributed by atoms with Gasteiger partial charge in [-0.3, -0.25) is 13.9 Å². The maximum Gasteiger partial charge on any atom is 0.481 e. The number of hydrogen-bond donors (Lipinski definition) is 5. The lowest BCUT2D eigenvalue weighted by Gasteiger charge is -2.22. The average Bonchev–Trinajstić information content (AvgIpc) is 3.03. The van der Waals surface area contributed by atoms with Crippen LogP contribution in [-0.4, -0.2) is 66.1 Å². The zero-order valence-electron chi connectivity index (χ0n) is 17.4. The van der Waals surface area contributed by atoms with Crippen LogP contribution in [-0.2, 0) is 27.4 Å². The average molecular weight is 524 g/mol. The van der Waals surface area contributed by atoms with E-state index in [1.807, 2.05) is 0 Å². The van der Waals surface area contributed by atoms with Crippen molar-refractivity contribution in [3.05, 3.63) is 69.0 Å². The van der Waals surface area contributed by atoms with Gasteiger partial charge in [0.05, 0.1) is 6.61 Å². The van der Waals surface area contributed by atoms with Crippen molar-refractivity contribution in [2.75, 3.05) is 13.7 Å². The van der Waals surface area contributed by atoms with Gasteiger partial charge < -0.3 is 34.4 Å². The van der Waals surface area contributed by atoms with Crippen LogP contribution >= 0.6 is 15.6 Å². The maximum absolute atomic E-state index is 13.1. The molecule has 15 nitrogen and oxygen atoms in total. The first-order valence-electron chi connectivity index (χ1n) is 9.52. The molecule has 1 aliphatic rings. The van der Waals surface area contributed by atoms with Crippen LogP contribution in [0.25, 0.3) is 0 Å². The lowest BCUT2D eigenvalue weighted by Crippen LogP contribution is -2.45. The SMILES string of the molecule is COC(c1ccccc1)n1c(=O)ccn([C@@H]2O[C@H](COP(=O)(O)OP(=O)(O)O)[C@@H](O)[C@H]2O)c1=O. The Bertz CT molecular complexity index is 1210. The summed E-state index contributed by atoms with van der Waals surface area (Å²) in [6.45, 7) is -0.943. The van der Waals surface area contributed by atoms with E-state index in [0.717, 1.165) is 21.4 Å². The first-order valence-corrected chi connectivity index (χ1v) is 12.5. The van der Waals surface area contributed by atoms with E-state index in [-0.39, 0.29) is 0 Å². The van der Waals surface area contributed by atoms with Crippen molar-refractivity contribution in [3.63, 3.8) is 0 Å². The van der Waals surface area contributed by atoms with E-state index < -0.39 is 64.3 Å². The van der Waals surface area contributed by atoms with Crippen LogP contribution in [0.5, 0.6) is 0 Å². The van der Waals surface area contributed by atoms with Crippen molar-refractivity contribution in [1.29, 1.82) is 0 Å². The Balaban J connectivity index is 1.87. The Morgan fingerprint density at radius 3 is 2.29 bits per heavy atom. The second kappa shape index (κ2) is 10.3. The second-order valence-corrected chi connectivity index (χ2v) is 9.93. The summed E-state index contributed by atoms with van der Waals surface area (Å²) in [6.07, 6.45) is -6.68. The highest BCUT2D eigenvalue weighted by Crippen LogP contribution is 2.57. The number of benzene rings is 1. The van der Waals surface area contributed by atoms with Gasteiger partial charge in [0.15, 0.2) is 12.5 Å². The zero-order chi connectivity index (χ0) is 25.3. The normalized spacial score (nSPS) is 25.7. The van der Waals surface area contributed by atoms with Crippen molar-refractivity contribution in [3.8, 4) is 0 Å². The molecule has 1 saturated heterocycles. The van der Waals surface area contributed by atoms with Gasteiger partial charge in [0, 0.05) is 24.9 Å². The van der Waals surface area contributed by atoms with Gasteiger partial charge in [-0.25, -0.2) is 18.5 Å². The molecule has 0 amide bonds. The van der Waals surface area contributed by atoms with Gasteiger partial charge in [0.1, 0.15) is 18.3 Å². The van der Waals surface area contributed by atoms with Crippen LogP contribution in [0.15, 0.2) is 52.2 Å². The molecule has 2 unspecified atom stereocenters. The molecule has 188 valence electrons. The van der Waals surface area contributed by atoms with Crippen molar-refractivity contribution in [2.24, 2.45) is 0 Å². The molecule has 1 fully saturated rings. The molecule has 17 heteroatoms. The highest BCUT2D eigenvalue weighted by Gasteiger charge is 2.46. The Kier molecular flexibility index (Phi) is 8.07. The van der Waals surface area contributed by atoms with Crippen LogP contribution in [0.1, 0.15) is 18.0 Å². The van der Waals surface area contributed by atoms with Gasteiger partial charge >= 0.3 is 21.3 Å². The number of aliphatic hydroxyl groups is 2. The van der Waals surface area contributed by atoms with E-state index in [9.17, 15) is 33.8 Å². The fraction of sp³-hybridized carbons (Fsp3) is 0.412. The lowest BCUT2D eigenvalue weighted by molar-refractivity contribution is -0.0560. The molecule has 5 N–H and O–H groups in total. The number of aliphatic hydroxyl groups excluding tert-OH is 2. The zero-order valence-corrected chi connectivity index (χ0v) is 19.2. The van der Waals surface area contributed by atoms with Gasteiger partial charge in [-0.15, -0.1) is 0 Å². The summed E-state index contributed by atoms with van der Waals surface area (Å²) in [5, 5.41) is 20.6. The predicted molar refractivity (Wildman–Crippen MR) is 111 cm³/mol. The highest BCUT2D eigenvalue weighted by molar-refractivity contribution is 7.60. The molecule has 34 heavy (non-hydrogen) atoms. The third-order valence-electron chi connectivity index (χ3n) is 4.81. The maximum atomic E-state index is 13.1. The number of phosphoric ester groups is 1. The van der Waals surface area contributed by atoms with E-state index in [4.69, 9.17) is 19.3 Å². The highest BCUT2D eigenvalue weighted by atomic mass is 31.3. The summed E-state index contributed by atoms with van der Waals surface area (Å²) in [4.78, 5) is 52.3. The summed E-state index contributed by atoms with van der Waals surface area (Å²) in [5.41, 5.74) is -1.20. The Labute approximate surface area is 191 Å². The predicted octanol–water partition coefficient (Wildman–Crippen LogP) is -0.951. The molecular weight excluding hydrogens is 502 g/mol. The Morgan fingerprint density at radius 1 is 1.06 bits per heavy atom. The van der Waals surface area contributed by atoms with Crippen LogP contribution in [0.4, 0.5) is 0 Å². The molecule has 0 spiro atoms. The minimum Gasteiger partial charge on any atom is -0.387 e. The quantitative estimate of drug-likeness (QED) is 0.250. The standard InChI is InChI=1S/C17H22N2O13P2/c1-29-15(10-5-3-2-4-6-10)19-12(20)7-8-18(17(19)23)16-14(22)13(21)11(31-16)9-30-34(27,28)32-33(24,25)26/h2-8,11,13-16,21-22H,9H2,1H3,(H,27,28)(H2,24,25,26)/t11-,13-,14-,15?,16-/m1/s1. The van der Waals surface area contributed by atoms with Crippen molar-refractivity contribution < 1.29 is 52.3 Å². The summed E-state index contributed by atoms with van der Waals surface area (Å²) in [5.74, 6) is 0. The number of nitrogens with zero attached hydrogens (tertiary/aromatic N) is 2. The molecule has 6 atom stereocenters. The topological polar surface area (TPSA) is 216 Å². The Morgan fingerprint density at radius 2 is 1.71 bits per heavy atom. The molecule has 1 aliphatic heterocycles. The third-order valence-corrected chi connectivity index (χ3v) is 6.96. The van der Waals surface area contributed by atoms with E-state index in [1.54, 1.807) is 30.3 Å². The third kappa shape index (κ3) is 5.97. The van der Waals surface area contributed by atoms with Gasteiger partial charge in [0.2, 0.25) is 0 Å². The van der Waals surface area contributed by atoms with Crippen molar-refractivity contribution >= 4 is 15.6 Å². The minimum absolute atomic E-state index is 0.477. The second-order valence-electron chi connectivity index (χ2n) is 7.10. The molecule has 3 rings (SSSR count). The fourth-order valence-electron chi connectivity index (χ4n) is 3.35. The van der Waals surface area contributed by atoms with Crippen LogP contribution < -0.4 is 11.2 Å². The number of ether oxygens (including phenoxy) is 2. The fourth-order valence-corrected chi connectivity index (χ4v) is 4.95. The molecule has 0 saturated carbocycles. The smallest absolute Gasteiger partial charge is 0.387 e. The van der Waals surface area contributed by atoms with E-state index in [2.05, 4.69) is 8.83 Å². The largest absolute Gasteiger partial charge is 0.481 e. The van der Waals surface area contributed by atoms with Crippen molar-refractivity contribution in [1.82, 2.24) is 9.13 Å². The van der Waals surface area contributed by atoms with Gasteiger partial charge in [-0.2, -0.15) is 4.31 Å². The number of hydrogen-bond acceptors (Lipinski definition) is 10. The summed E-state index contributed by atoms with van der Waals surface area (Å²) in [7, 11) is -9.33. The molecule has 2 aromatic rings. The number of phosphoric acid groups is 2.